The first-order valence-corrected chi connectivity index (χ1v) is 7.03. The van der Waals surface area contributed by atoms with E-state index in [1.165, 1.54) is 0 Å². The highest BCUT2D eigenvalue weighted by atomic mass is 16.6. The van der Waals surface area contributed by atoms with E-state index in [4.69, 9.17) is 0 Å². The first-order valence-electron chi connectivity index (χ1n) is 7.03. The van der Waals surface area contributed by atoms with Gasteiger partial charge in [-0.25, -0.2) is 0 Å². The molecule has 0 unspecified atom stereocenters. The van der Waals surface area contributed by atoms with Gasteiger partial charge in [0.2, 0.25) is 0 Å². The first-order chi connectivity index (χ1) is 9.24. The topological polar surface area (TPSA) is 60.2 Å². The number of benzene rings is 1. The minimum Gasteiger partial charge on any atom is -0.299 e. The smallest absolute Gasteiger partial charge is 0.269 e. The molecule has 2 aliphatic rings. The van der Waals surface area contributed by atoms with Crippen molar-refractivity contribution >= 4 is 11.5 Å². The van der Waals surface area contributed by atoms with Gasteiger partial charge in [-0.2, -0.15) is 0 Å². The van der Waals surface area contributed by atoms with Crippen LogP contribution in [-0.4, -0.2) is 10.7 Å². The molecule has 2 atom stereocenters. The van der Waals surface area contributed by atoms with Gasteiger partial charge in [0.05, 0.1) is 4.92 Å². The maximum absolute atomic E-state index is 12.4. The molecule has 4 nitrogen and oxygen atoms in total. The average molecular weight is 273 g/mol. The number of nitro benzene ring substituents is 1. The Labute approximate surface area is 118 Å². The van der Waals surface area contributed by atoms with Crippen molar-refractivity contribution in [3.8, 4) is 0 Å². The van der Waals surface area contributed by atoms with Crippen LogP contribution in [0.4, 0.5) is 5.69 Å². The van der Waals surface area contributed by atoms with Crippen LogP contribution in [0.5, 0.6) is 0 Å². The third kappa shape index (κ3) is 1.29. The molecule has 2 aliphatic carbocycles. The van der Waals surface area contributed by atoms with Gasteiger partial charge in [0, 0.05) is 29.4 Å². The van der Waals surface area contributed by atoms with Crippen molar-refractivity contribution in [3.63, 3.8) is 0 Å². The van der Waals surface area contributed by atoms with Crippen LogP contribution in [-0.2, 0) is 10.2 Å². The Bertz CT molecular complexity index is 605. The largest absolute Gasteiger partial charge is 0.299 e. The standard InChI is InChI=1S/C16H19NO3/c1-14(2)15(3)8-9-16(14,10-13(15)18)11-4-6-12(7-5-11)17(19)20/h4-7H,8-10H2,1-3H3/t15-,16+/m1/s1. The van der Waals surface area contributed by atoms with Crippen LogP contribution in [0, 0.1) is 20.9 Å². The van der Waals surface area contributed by atoms with Crippen LogP contribution in [0.15, 0.2) is 24.3 Å². The zero-order valence-corrected chi connectivity index (χ0v) is 12.1. The molecule has 0 N–H and O–H groups in total. The molecule has 2 bridgehead atoms. The fourth-order valence-electron chi connectivity index (χ4n) is 4.39. The molecule has 3 rings (SSSR count). The van der Waals surface area contributed by atoms with Crippen LogP contribution in [0.1, 0.15) is 45.6 Å². The molecule has 106 valence electrons. The molecule has 2 saturated carbocycles. The molecule has 0 aromatic heterocycles. The van der Waals surface area contributed by atoms with Crippen LogP contribution in [0.25, 0.3) is 0 Å². The third-order valence-corrected chi connectivity index (χ3v) is 6.34. The number of nitro groups is 1. The number of rotatable bonds is 2. The van der Waals surface area contributed by atoms with Gasteiger partial charge >= 0.3 is 0 Å². The lowest BCUT2D eigenvalue weighted by Crippen LogP contribution is -2.38. The number of nitrogens with zero attached hydrogens (tertiary/aromatic N) is 1. The summed E-state index contributed by atoms with van der Waals surface area (Å²) in [5.74, 6) is 0.340. The summed E-state index contributed by atoms with van der Waals surface area (Å²) in [6.07, 6.45) is 2.46. The molecule has 20 heavy (non-hydrogen) atoms. The zero-order valence-electron chi connectivity index (χ0n) is 12.1. The number of carbonyl (C=O) groups excluding carboxylic acids is 1. The van der Waals surface area contributed by atoms with Gasteiger partial charge in [-0.05, 0) is 23.8 Å². The molecule has 0 heterocycles. The molecule has 0 spiro atoms. The van der Waals surface area contributed by atoms with Crippen molar-refractivity contribution in [2.45, 2.75) is 45.4 Å². The number of non-ortho nitro benzene ring substituents is 1. The van der Waals surface area contributed by atoms with Crippen LogP contribution >= 0.6 is 0 Å². The Morgan fingerprint density at radius 3 is 2.10 bits per heavy atom. The molecular formula is C16H19NO3. The minimum atomic E-state index is -0.384. The van der Waals surface area contributed by atoms with Gasteiger partial charge in [0.25, 0.3) is 5.69 Å². The van der Waals surface area contributed by atoms with Crippen molar-refractivity contribution in [3.05, 3.63) is 39.9 Å². The number of fused-ring (bicyclic) bond motifs is 2. The highest BCUT2D eigenvalue weighted by molar-refractivity contribution is 5.91. The molecule has 1 aromatic carbocycles. The Balaban J connectivity index is 2.10. The highest BCUT2D eigenvalue weighted by Gasteiger charge is 2.69. The molecule has 4 heteroatoms. The molecule has 0 radical (unpaired) electrons. The zero-order chi connectivity index (χ0) is 14.8. The lowest BCUT2D eigenvalue weighted by Gasteiger charge is -2.40. The minimum absolute atomic E-state index is 0.104. The molecule has 0 saturated heterocycles. The maximum Gasteiger partial charge on any atom is 0.269 e. The second-order valence-corrected chi connectivity index (χ2v) is 6.94. The average Bonchev–Trinajstić information content (AvgIpc) is 2.69. The highest BCUT2D eigenvalue weighted by Crippen LogP contribution is 2.70. The third-order valence-electron chi connectivity index (χ3n) is 6.34. The summed E-state index contributed by atoms with van der Waals surface area (Å²) in [6.45, 7) is 6.42. The number of carbonyl (C=O) groups is 1. The molecule has 0 aliphatic heterocycles. The fourth-order valence-corrected chi connectivity index (χ4v) is 4.39. The van der Waals surface area contributed by atoms with E-state index in [-0.39, 0.29) is 26.9 Å². The van der Waals surface area contributed by atoms with Gasteiger partial charge in [0.1, 0.15) is 5.78 Å². The van der Waals surface area contributed by atoms with Gasteiger partial charge in [0.15, 0.2) is 0 Å². The maximum atomic E-state index is 12.4. The summed E-state index contributed by atoms with van der Waals surface area (Å²) >= 11 is 0. The van der Waals surface area contributed by atoms with E-state index >= 15 is 0 Å². The van der Waals surface area contributed by atoms with E-state index in [1.807, 2.05) is 12.1 Å². The predicted octanol–water partition coefficient (Wildman–Crippen LogP) is 3.63. The number of hydrogen-bond donors (Lipinski definition) is 0. The van der Waals surface area contributed by atoms with Gasteiger partial charge in [-0.3, -0.25) is 14.9 Å². The lowest BCUT2D eigenvalue weighted by atomic mass is 9.62. The van der Waals surface area contributed by atoms with Gasteiger partial charge in [-0.15, -0.1) is 0 Å². The Morgan fingerprint density at radius 1 is 1.10 bits per heavy atom. The summed E-state index contributed by atoms with van der Waals surface area (Å²) in [5, 5.41) is 10.8. The van der Waals surface area contributed by atoms with Crippen LogP contribution in [0.3, 0.4) is 0 Å². The second kappa shape index (κ2) is 3.68. The van der Waals surface area contributed by atoms with Crippen molar-refractivity contribution in [1.29, 1.82) is 0 Å². The van der Waals surface area contributed by atoms with E-state index in [0.29, 0.717) is 12.2 Å². The Kier molecular flexibility index (Phi) is 2.45. The summed E-state index contributed by atoms with van der Waals surface area (Å²) in [4.78, 5) is 22.8. The number of hydrogen-bond acceptors (Lipinski definition) is 3. The summed E-state index contributed by atoms with van der Waals surface area (Å²) in [5.41, 5.74) is 0.659. The first kappa shape index (κ1) is 13.3. The summed E-state index contributed by atoms with van der Waals surface area (Å²) < 4.78 is 0. The van der Waals surface area contributed by atoms with Crippen LogP contribution in [0.2, 0.25) is 0 Å². The second-order valence-electron chi connectivity index (χ2n) is 6.94. The quantitative estimate of drug-likeness (QED) is 0.610. The van der Waals surface area contributed by atoms with E-state index < -0.39 is 0 Å². The van der Waals surface area contributed by atoms with Crippen molar-refractivity contribution in [2.75, 3.05) is 0 Å². The van der Waals surface area contributed by atoms with Gasteiger partial charge < -0.3 is 0 Å². The van der Waals surface area contributed by atoms with E-state index in [2.05, 4.69) is 20.8 Å². The number of Topliss-reactive ketones (excluding diaryl/α,β-unsaturated/α-hetero) is 1. The monoisotopic (exact) mass is 273 g/mol. The number of ketones is 1. The Hall–Kier alpha value is -1.71. The summed E-state index contributed by atoms with van der Waals surface area (Å²) in [6, 6.07) is 6.78. The van der Waals surface area contributed by atoms with Crippen molar-refractivity contribution < 1.29 is 9.72 Å². The van der Waals surface area contributed by atoms with Crippen molar-refractivity contribution in [2.24, 2.45) is 10.8 Å². The van der Waals surface area contributed by atoms with E-state index in [9.17, 15) is 14.9 Å². The van der Waals surface area contributed by atoms with Gasteiger partial charge in [-0.1, -0.05) is 32.9 Å². The Morgan fingerprint density at radius 2 is 1.70 bits per heavy atom. The molecular weight excluding hydrogens is 254 g/mol. The normalized spacial score (nSPS) is 34.5. The summed E-state index contributed by atoms with van der Waals surface area (Å²) in [7, 11) is 0. The lowest BCUT2D eigenvalue weighted by molar-refractivity contribution is -0.384. The SMILES string of the molecule is CC1(C)[C@@]2(c3ccc([N+](=O)[O-])cc3)CC[C@]1(C)C(=O)C2. The van der Waals surface area contributed by atoms with E-state index in [1.54, 1.807) is 12.1 Å². The molecule has 0 amide bonds. The fraction of sp³-hybridized carbons (Fsp3) is 0.562. The van der Waals surface area contributed by atoms with Crippen molar-refractivity contribution in [1.82, 2.24) is 0 Å². The molecule has 2 fully saturated rings. The molecule has 1 aromatic rings. The van der Waals surface area contributed by atoms with Crippen LogP contribution < -0.4 is 0 Å². The predicted molar refractivity (Wildman–Crippen MR) is 75.5 cm³/mol. The van der Waals surface area contributed by atoms with E-state index in [0.717, 1.165) is 18.4 Å².